The smallest absolute Gasteiger partial charge is 0.213 e. The van der Waals surface area contributed by atoms with E-state index in [9.17, 15) is 0 Å². The van der Waals surface area contributed by atoms with Crippen molar-refractivity contribution in [3.8, 4) is 11.6 Å². The van der Waals surface area contributed by atoms with E-state index >= 15 is 0 Å². The molecule has 2 aromatic heterocycles. The minimum Gasteiger partial charge on any atom is -0.481 e. The third-order valence-electron chi connectivity index (χ3n) is 3.21. The van der Waals surface area contributed by atoms with Crippen LogP contribution in [0.25, 0.3) is 5.69 Å². The molecule has 112 valence electrons. The average Bonchev–Trinajstić information content (AvgIpc) is 3.06. The highest BCUT2D eigenvalue weighted by Crippen LogP contribution is 2.19. The number of para-hydroxylation sites is 1. The molecular weight excluding hydrogens is 280 g/mol. The fourth-order valence-corrected chi connectivity index (χ4v) is 2.12. The molecule has 0 bridgehead atoms. The van der Waals surface area contributed by atoms with Gasteiger partial charge in [-0.3, -0.25) is 0 Å². The Morgan fingerprint density at radius 3 is 2.64 bits per heavy atom. The molecule has 0 saturated carbocycles. The quantitative estimate of drug-likeness (QED) is 0.778. The van der Waals surface area contributed by atoms with Crippen LogP contribution in [-0.4, -0.2) is 32.3 Å². The van der Waals surface area contributed by atoms with Crippen LogP contribution in [0.4, 0.5) is 5.69 Å². The monoisotopic (exact) mass is 296 g/mol. The van der Waals surface area contributed by atoms with Gasteiger partial charge in [0.15, 0.2) is 5.82 Å². The van der Waals surface area contributed by atoms with Gasteiger partial charge in [0.25, 0.3) is 0 Å². The summed E-state index contributed by atoms with van der Waals surface area (Å²) in [7, 11) is 1.59. The fourth-order valence-electron chi connectivity index (χ4n) is 2.12. The number of methoxy groups -OCH3 is 1. The molecule has 0 unspecified atom stereocenters. The van der Waals surface area contributed by atoms with E-state index in [2.05, 4.69) is 25.8 Å². The van der Waals surface area contributed by atoms with E-state index in [0.29, 0.717) is 5.88 Å². The van der Waals surface area contributed by atoms with E-state index < -0.39 is 0 Å². The predicted molar refractivity (Wildman–Crippen MR) is 82.0 cm³/mol. The lowest BCUT2D eigenvalue weighted by atomic mass is 10.2. The Bertz CT molecular complexity index is 725. The number of pyridine rings is 1. The van der Waals surface area contributed by atoms with Crippen molar-refractivity contribution in [1.29, 1.82) is 0 Å². The third-order valence-corrected chi connectivity index (χ3v) is 3.21. The summed E-state index contributed by atoms with van der Waals surface area (Å²) in [5.74, 6) is 1.30. The molecule has 0 aliphatic carbocycles. The highest BCUT2D eigenvalue weighted by atomic mass is 16.5. The summed E-state index contributed by atoms with van der Waals surface area (Å²) in [6.07, 6.45) is 1.71. The van der Waals surface area contributed by atoms with Gasteiger partial charge in [0, 0.05) is 6.07 Å². The molecule has 3 aromatic rings. The first-order valence-electron chi connectivity index (χ1n) is 6.88. The molecule has 3 rings (SSSR count). The first-order chi connectivity index (χ1) is 10.8. The van der Waals surface area contributed by atoms with Gasteiger partial charge in [-0.05, 0) is 35.5 Å². The Kier molecular flexibility index (Phi) is 3.95. The predicted octanol–water partition coefficient (Wildman–Crippen LogP) is 2.24. The normalized spacial score (nSPS) is 11.9. The molecular formula is C15H16N6O. The summed E-state index contributed by atoms with van der Waals surface area (Å²) in [5, 5.41) is 15.3. The second kappa shape index (κ2) is 6.21. The molecule has 0 spiro atoms. The van der Waals surface area contributed by atoms with Gasteiger partial charge in [-0.1, -0.05) is 18.2 Å². The van der Waals surface area contributed by atoms with Gasteiger partial charge in [0.2, 0.25) is 5.88 Å². The molecule has 0 saturated heterocycles. The maximum atomic E-state index is 5.05. The zero-order valence-corrected chi connectivity index (χ0v) is 12.3. The lowest BCUT2D eigenvalue weighted by Crippen LogP contribution is -2.13. The number of ether oxygens (including phenoxy) is 1. The van der Waals surface area contributed by atoms with E-state index in [0.717, 1.165) is 17.2 Å². The van der Waals surface area contributed by atoms with E-state index in [1.54, 1.807) is 24.1 Å². The van der Waals surface area contributed by atoms with E-state index in [1.807, 2.05) is 43.3 Å². The highest BCUT2D eigenvalue weighted by molar-refractivity contribution is 5.44. The van der Waals surface area contributed by atoms with Crippen molar-refractivity contribution in [2.75, 3.05) is 12.4 Å². The van der Waals surface area contributed by atoms with Crippen LogP contribution >= 0.6 is 0 Å². The molecule has 7 nitrogen and oxygen atoms in total. The first kappa shape index (κ1) is 14.0. The molecule has 0 aliphatic heterocycles. The largest absolute Gasteiger partial charge is 0.481 e. The third kappa shape index (κ3) is 2.88. The Labute approximate surface area is 128 Å². The number of nitrogens with zero attached hydrogens (tertiary/aromatic N) is 5. The summed E-state index contributed by atoms with van der Waals surface area (Å²) in [6, 6.07) is 13.4. The van der Waals surface area contributed by atoms with Gasteiger partial charge >= 0.3 is 0 Å². The van der Waals surface area contributed by atoms with Crippen LogP contribution in [0.15, 0.2) is 48.7 Å². The Hall–Kier alpha value is -2.96. The number of tetrazole rings is 1. The summed E-state index contributed by atoms with van der Waals surface area (Å²) < 4.78 is 6.76. The molecule has 0 aliphatic rings. The van der Waals surface area contributed by atoms with Crippen molar-refractivity contribution < 1.29 is 4.74 Å². The highest BCUT2D eigenvalue weighted by Gasteiger charge is 2.15. The Morgan fingerprint density at radius 2 is 1.95 bits per heavy atom. The van der Waals surface area contributed by atoms with E-state index in [4.69, 9.17) is 4.74 Å². The van der Waals surface area contributed by atoms with Crippen LogP contribution in [0.5, 0.6) is 5.88 Å². The van der Waals surface area contributed by atoms with E-state index in [-0.39, 0.29) is 6.04 Å². The molecule has 0 fully saturated rings. The van der Waals surface area contributed by atoms with E-state index in [1.165, 1.54) is 0 Å². The van der Waals surface area contributed by atoms with Crippen LogP contribution in [0.1, 0.15) is 18.8 Å². The van der Waals surface area contributed by atoms with Gasteiger partial charge in [0.05, 0.1) is 30.7 Å². The molecule has 1 N–H and O–H groups in total. The van der Waals surface area contributed by atoms with Gasteiger partial charge in [-0.15, -0.1) is 5.10 Å². The Morgan fingerprint density at radius 1 is 1.14 bits per heavy atom. The van der Waals surface area contributed by atoms with Crippen LogP contribution in [-0.2, 0) is 0 Å². The lowest BCUT2D eigenvalue weighted by molar-refractivity contribution is 0.398. The fraction of sp³-hybridized carbons (Fsp3) is 0.200. The van der Waals surface area contributed by atoms with Crippen molar-refractivity contribution in [1.82, 2.24) is 25.2 Å². The number of rotatable bonds is 5. The maximum absolute atomic E-state index is 5.05. The van der Waals surface area contributed by atoms with Gasteiger partial charge in [0.1, 0.15) is 0 Å². The molecule has 7 heteroatoms. The topological polar surface area (TPSA) is 77.8 Å². The molecule has 1 aromatic carbocycles. The maximum Gasteiger partial charge on any atom is 0.213 e. The number of hydrogen-bond acceptors (Lipinski definition) is 6. The SMILES string of the molecule is COc1ccc(N[C@H](C)c2nnnn2-c2ccccc2)cn1. The minimum absolute atomic E-state index is 0.0783. The summed E-state index contributed by atoms with van der Waals surface area (Å²) in [5.41, 5.74) is 1.79. The summed E-state index contributed by atoms with van der Waals surface area (Å²) >= 11 is 0. The standard InChI is InChI=1S/C15H16N6O/c1-11(17-12-8-9-14(22-2)16-10-12)15-18-19-20-21(15)13-6-4-3-5-7-13/h3-11,17H,1-2H3/t11-/m1/s1. The van der Waals surface area contributed by atoms with Crippen LogP contribution in [0, 0.1) is 0 Å². The second-order valence-electron chi connectivity index (χ2n) is 4.74. The van der Waals surface area contributed by atoms with Gasteiger partial charge in [-0.2, -0.15) is 4.68 Å². The number of anilines is 1. The van der Waals surface area contributed by atoms with Crippen molar-refractivity contribution in [2.24, 2.45) is 0 Å². The summed E-state index contributed by atoms with van der Waals surface area (Å²) in [6.45, 7) is 2.00. The van der Waals surface area contributed by atoms with Crippen molar-refractivity contribution in [2.45, 2.75) is 13.0 Å². The minimum atomic E-state index is -0.0783. The molecule has 22 heavy (non-hydrogen) atoms. The number of hydrogen-bond donors (Lipinski definition) is 1. The van der Waals surface area contributed by atoms with Crippen molar-refractivity contribution >= 4 is 5.69 Å². The summed E-state index contributed by atoms with van der Waals surface area (Å²) in [4.78, 5) is 4.17. The average molecular weight is 296 g/mol. The van der Waals surface area contributed by atoms with Crippen LogP contribution in [0.3, 0.4) is 0 Å². The van der Waals surface area contributed by atoms with Gasteiger partial charge in [-0.25, -0.2) is 4.98 Å². The molecule has 0 amide bonds. The Balaban J connectivity index is 1.81. The van der Waals surface area contributed by atoms with Crippen LogP contribution < -0.4 is 10.1 Å². The van der Waals surface area contributed by atoms with Crippen molar-refractivity contribution in [3.05, 3.63) is 54.5 Å². The first-order valence-corrected chi connectivity index (χ1v) is 6.88. The number of nitrogens with one attached hydrogen (secondary N) is 1. The van der Waals surface area contributed by atoms with Crippen LogP contribution in [0.2, 0.25) is 0 Å². The number of benzene rings is 1. The molecule has 0 radical (unpaired) electrons. The van der Waals surface area contributed by atoms with Crippen molar-refractivity contribution in [3.63, 3.8) is 0 Å². The number of aromatic nitrogens is 5. The molecule has 1 atom stereocenters. The lowest BCUT2D eigenvalue weighted by Gasteiger charge is -2.14. The van der Waals surface area contributed by atoms with Gasteiger partial charge < -0.3 is 10.1 Å². The zero-order chi connectivity index (χ0) is 15.4. The zero-order valence-electron chi connectivity index (χ0n) is 12.3. The second-order valence-corrected chi connectivity index (χ2v) is 4.74. The molecule has 2 heterocycles.